The molecule has 0 radical (unpaired) electrons. The highest BCUT2D eigenvalue weighted by atomic mass is 32.1. The minimum atomic E-state index is 0.402. The second kappa shape index (κ2) is 3.54. The van der Waals surface area contributed by atoms with E-state index < -0.39 is 0 Å². The summed E-state index contributed by atoms with van der Waals surface area (Å²) in [5, 5.41) is 2.84. The first-order valence-electron chi connectivity index (χ1n) is 5.30. The van der Waals surface area contributed by atoms with Gasteiger partial charge in [0.05, 0.1) is 5.69 Å². The molecule has 0 aliphatic heterocycles. The first kappa shape index (κ1) is 9.97. The van der Waals surface area contributed by atoms with E-state index >= 15 is 0 Å². The number of hydrogen-bond donors (Lipinski definition) is 1. The Morgan fingerprint density at radius 3 is 2.86 bits per heavy atom. The lowest BCUT2D eigenvalue weighted by molar-refractivity contribution is 0.197. The molecule has 1 heterocycles. The van der Waals surface area contributed by atoms with Crippen molar-refractivity contribution in [1.29, 1.82) is 0 Å². The summed E-state index contributed by atoms with van der Waals surface area (Å²) in [6.07, 6.45) is 5.29. The average molecular weight is 210 g/mol. The lowest BCUT2D eigenvalue weighted by Crippen LogP contribution is -2.26. The molecule has 2 N–H and O–H groups in total. The van der Waals surface area contributed by atoms with Crippen LogP contribution >= 0.6 is 11.3 Å². The number of nitrogen functional groups attached to an aromatic ring is 1. The van der Waals surface area contributed by atoms with Crippen LogP contribution in [-0.4, -0.2) is 4.98 Å². The molecule has 1 aromatic heterocycles. The maximum Gasteiger partial charge on any atom is 0.180 e. The first-order chi connectivity index (χ1) is 6.59. The smallest absolute Gasteiger partial charge is 0.180 e. The van der Waals surface area contributed by atoms with Crippen molar-refractivity contribution in [2.75, 3.05) is 5.73 Å². The molecule has 1 aliphatic rings. The fourth-order valence-corrected chi connectivity index (χ4v) is 3.12. The topological polar surface area (TPSA) is 38.9 Å². The minimum absolute atomic E-state index is 0.402. The predicted octanol–water partition coefficient (Wildman–Crippen LogP) is 3.41. The number of thiazole rings is 1. The van der Waals surface area contributed by atoms with Gasteiger partial charge in [-0.2, -0.15) is 0 Å². The molecule has 14 heavy (non-hydrogen) atoms. The quantitative estimate of drug-likeness (QED) is 0.771. The van der Waals surface area contributed by atoms with E-state index in [1.807, 2.05) is 0 Å². The number of nitrogens with two attached hydrogens (primary N) is 1. The maximum atomic E-state index is 5.68. The van der Waals surface area contributed by atoms with E-state index in [9.17, 15) is 0 Å². The van der Waals surface area contributed by atoms with Gasteiger partial charge < -0.3 is 5.73 Å². The number of rotatable bonds is 1. The highest BCUT2D eigenvalue weighted by Gasteiger charge is 2.34. The van der Waals surface area contributed by atoms with Gasteiger partial charge in [0.2, 0.25) is 0 Å². The second-order valence-electron chi connectivity index (χ2n) is 4.90. The summed E-state index contributed by atoms with van der Waals surface area (Å²) in [4.78, 5) is 4.43. The zero-order chi connectivity index (χ0) is 10.2. The van der Waals surface area contributed by atoms with Crippen molar-refractivity contribution >= 4 is 16.5 Å². The van der Waals surface area contributed by atoms with E-state index in [0.29, 0.717) is 16.5 Å². The molecule has 0 saturated heterocycles. The van der Waals surface area contributed by atoms with Crippen molar-refractivity contribution in [3.63, 3.8) is 0 Å². The molecule has 0 spiro atoms. The molecule has 78 valence electrons. The van der Waals surface area contributed by atoms with Crippen LogP contribution in [0, 0.1) is 5.41 Å². The SMILES string of the molecule is CC1(C)CCCCC1c1csc(N)n1. The Morgan fingerprint density at radius 1 is 1.50 bits per heavy atom. The standard InChI is InChI=1S/C11H18N2S/c1-11(2)6-4-3-5-8(11)9-7-14-10(12)13-9/h7-8H,3-6H2,1-2H3,(H2,12,13). The van der Waals surface area contributed by atoms with Crippen molar-refractivity contribution in [3.8, 4) is 0 Å². The van der Waals surface area contributed by atoms with E-state index in [2.05, 4.69) is 24.2 Å². The second-order valence-corrected chi connectivity index (χ2v) is 5.79. The third-order valence-electron chi connectivity index (χ3n) is 3.40. The largest absolute Gasteiger partial charge is 0.375 e. The summed E-state index contributed by atoms with van der Waals surface area (Å²) in [6.45, 7) is 4.71. The van der Waals surface area contributed by atoms with Gasteiger partial charge in [0, 0.05) is 11.3 Å². The van der Waals surface area contributed by atoms with Crippen LogP contribution in [0.5, 0.6) is 0 Å². The molecule has 1 fully saturated rings. The van der Waals surface area contributed by atoms with Gasteiger partial charge in [-0.25, -0.2) is 4.98 Å². The Kier molecular flexibility index (Phi) is 2.52. The Bertz CT molecular complexity index is 317. The summed E-state index contributed by atoms with van der Waals surface area (Å²) in [5.74, 6) is 0.616. The third-order valence-corrected chi connectivity index (χ3v) is 4.10. The molecular formula is C11H18N2S. The molecule has 1 aromatic rings. The Hall–Kier alpha value is -0.570. The van der Waals surface area contributed by atoms with E-state index in [4.69, 9.17) is 5.73 Å². The molecule has 0 aromatic carbocycles. The predicted molar refractivity (Wildman–Crippen MR) is 61.5 cm³/mol. The van der Waals surface area contributed by atoms with Gasteiger partial charge >= 0.3 is 0 Å². The number of aromatic nitrogens is 1. The van der Waals surface area contributed by atoms with Gasteiger partial charge in [-0.15, -0.1) is 11.3 Å². The molecule has 3 heteroatoms. The third kappa shape index (κ3) is 1.78. The van der Waals surface area contributed by atoms with E-state index in [1.165, 1.54) is 31.4 Å². The van der Waals surface area contributed by atoms with Gasteiger partial charge in [-0.1, -0.05) is 26.7 Å². The molecular weight excluding hydrogens is 192 g/mol. The fourth-order valence-electron chi connectivity index (χ4n) is 2.50. The van der Waals surface area contributed by atoms with Crippen LogP contribution in [0.25, 0.3) is 0 Å². The highest BCUT2D eigenvalue weighted by Crippen LogP contribution is 2.46. The first-order valence-corrected chi connectivity index (χ1v) is 6.18. The van der Waals surface area contributed by atoms with Crippen molar-refractivity contribution in [3.05, 3.63) is 11.1 Å². The number of hydrogen-bond acceptors (Lipinski definition) is 3. The van der Waals surface area contributed by atoms with E-state index in [0.717, 1.165) is 0 Å². The molecule has 1 saturated carbocycles. The van der Waals surface area contributed by atoms with Crippen molar-refractivity contribution < 1.29 is 0 Å². The van der Waals surface area contributed by atoms with Gasteiger partial charge in [-0.3, -0.25) is 0 Å². The lowest BCUT2D eigenvalue weighted by atomic mass is 9.68. The van der Waals surface area contributed by atoms with Crippen LogP contribution in [0.1, 0.15) is 51.1 Å². The molecule has 1 atom stereocenters. The summed E-state index contributed by atoms with van der Waals surface area (Å²) in [5.41, 5.74) is 7.30. The molecule has 1 unspecified atom stereocenters. The van der Waals surface area contributed by atoms with Crippen LogP contribution in [0.3, 0.4) is 0 Å². The molecule has 2 nitrogen and oxygen atoms in total. The van der Waals surface area contributed by atoms with E-state index in [1.54, 1.807) is 11.3 Å². The van der Waals surface area contributed by atoms with Gasteiger partial charge in [0.1, 0.15) is 0 Å². The molecule has 0 amide bonds. The normalized spacial score (nSPS) is 26.3. The Balaban J connectivity index is 2.23. The van der Waals surface area contributed by atoms with Crippen molar-refractivity contribution in [1.82, 2.24) is 4.98 Å². The van der Waals surface area contributed by atoms with Crippen LogP contribution in [-0.2, 0) is 0 Å². The van der Waals surface area contributed by atoms with Crippen molar-refractivity contribution in [2.45, 2.75) is 45.4 Å². The zero-order valence-corrected chi connectivity index (χ0v) is 9.73. The molecule has 1 aliphatic carbocycles. The van der Waals surface area contributed by atoms with Crippen LogP contribution < -0.4 is 5.73 Å². The Labute approximate surface area is 89.5 Å². The number of anilines is 1. The maximum absolute atomic E-state index is 5.68. The molecule has 2 rings (SSSR count). The lowest BCUT2D eigenvalue weighted by Gasteiger charge is -2.37. The summed E-state index contributed by atoms with van der Waals surface area (Å²) in [7, 11) is 0. The summed E-state index contributed by atoms with van der Waals surface area (Å²) in [6, 6.07) is 0. The number of nitrogens with zero attached hydrogens (tertiary/aromatic N) is 1. The van der Waals surface area contributed by atoms with Gasteiger partial charge in [-0.05, 0) is 18.3 Å². The summed E-state index contributed by atoms with van der Waals surface area (Å²) >= 11 is 1.57. The summed E-state index contributed by atoms with van der Waals surface area (Å²) < 4.78 is 0. The zero-order valence-electron chi connectivity index (χ0n) is 8.92. The Morgan fingerprint density at radius 2 is 2.29 bits per heavy atom. The highest BCUT2D eigenvalue weighted by molar-refractivity contribution is 7.13. The monoisotopic (exact) mass is 210 g/mol. The molecule has 0 bridgehead atoms. The average Bonchev–Trinajstić information content (AvgIpc) is 2.51. The van der Waals surface area contributed by atoms with Crippen molar-refractivity contribution in [2.24, 2.45) is 5.41 Å². The fraction of sp³-hybridized carbons (Fsp3) is 0.727. The minimum Gasteiger partial charge on any atom is -0.375 e. The van der Waals surface area contributed by atoms with Crippen LogP contribution in [0.15, 0.2) is 5.38 Å². The van der Waals surface area contributed by atoms with Crippen LogP contribution in [0.4, 0.5) is 5.13 Å². The van der Waals surface area contributed by atoms with Gasteiger partial charge in [0.25, 0.3) is 0 Å². The van der Waals surface area contributed by atoms with Crippen LogP contribution in [0.2, 0.25) is 0 Å². The van der Waals surface area contributed by atoms with E-state index in [-0.39, 0.29) is 0 Å². The van der Waals surface area contributed by atoms with Gasteiger partial charge in [0.15, 0.2) is 5.13 Å².